The Morgan fingerprint density at radius 2 is 2.11 bits per heavy atom. The van der Waals surface area contributed by atoms with Gasteiger partial charge in [-0.3, -0.25) is 9.89 Å². The Hall–Kier alpha value is -2.46. The van der Waals surface area contributed by atoms with Crippen molar-refractivity contribution in [3.63, 3.8) is 0 Å². The Bertz CT molecular complexity index is 854. The van der Waals surface area contributed by atoms with Crippen LogP contribution in [-0.2, 0) is 17.8 Å². The van der Waals surface area contributed by atoms with E-state index in [0.717, 1.165) is 11.4 Å². The van der Waals surface area contributed by atoms with E-state index in [1.807, 2.05) is 17.5 Å². The summed E-state index contributed by atoms with van der Waals surface area (Å²) in [6, 6.07) is 10.1. The summed E-state index contributed by atoms with van der Waals surface area (Å²) in [4.78, 5) is 17.5. The SMILES string of the molecule is O=C(CSc1n[nH]c(Cc2cccs2)n1)NCc1ccc(OC(F)F)cc1. The van der Waals surface area contributed by atoms with Crippen LogP contribution in [0.2, 0.25) is 0 Å². The van der Waals surface area contributed by atoms with E-state index < -0.39 is 6.61 Å². The number of rotatable bonds is 9. The molecule has 3 aromatic rings. The van der Waals surface area contributed by atoms with Crippen LogP contribution >= 0.6 is 23.1 Å². The Balaban J connectivity index is 1.40. The van der Waals surface area contributed by atoms with E-state index in [-0.39, 0.29) is 17.4 Å². The molecule has 6 nitrogen and oxygen atoms in total. The summed E-state index contributed by atoms with van der Waals surface area (Å²) in [7, 11) is 0. The topological polar surface area (TPSA) is 79.9 Å². The summed E-state index contributed by atoms with van der Waals surface area (Å²) in [6.07, 6.45) is 0.683. The van der Waals surface area contributed by atoms with E-state index in [4.69, 9.17) is 0 Å². The maximum atomic E-state index is 12.1. The van der Waals surface area contributed by atoms with Crippen LogP contribution < -0.4 is 10.1 Å². The minimum Gasteiger partial charge on any atom is -0.435 e. The van der Waals surface area contributed by atoms with Gasteiger partial charge in [-0.15, -0.1) is 16.4 Å². The number of carbonyl (C=O) groups excluding carboxylic acids is 1. The lowest BCUT2D eigenvalue weighted by molar-refractivity contribution is -0.118. The van der Waals surface area contributed by atoms with Crippen LogP contribution in [0.25, 0.3) is 0 Å². The molecular formula is C17H16F2N4O2S2. The van der Waals surface area contributed by atoms with E-state index in [1.54, 1.807) is 23.5 Å². The number of halogens is 2. The summed E-state index contributed by atoms with van der Waals surface area (Å²) in [5, 5.41) is 12.3. The number of nitrogens with zero attached hydrogens (tertiary/aromatic N) is 2. The third-order valence-corrected chi connectivity index (χ3v) is 5.13. The Kier molecular flexibility index (Phi) is 6.77. The van der Waals surface area contributed by atoms with E-state index in [9.17, 15) is 13.6 Å². The van der Waals surface area contributed by atoms with E-state index in [1.165, 1.54) is 28.8 Å². The fourth-order valence-corrected chi connectivity index (χ4v) is 3.53. The van der Waals surface area contributed by atoms with Gasteiger partial charge in [-0.25, -0.2) is 4.98 Å². The molecule has 0 aliphatic carbocycles. The highest BCUT2D eigenvalue weighted by atomic mass is 32.2. The molecule has 0 atom stereocenters. The second kappa shape index (κ2) is 9.47. The molecule has 2 aromatic heterocycles. The normalized spacial score (nSPS) is 10.9. The highest BCUT2D eigenvalue weighted by Gasteiger charge is 2.09. The molecule has 0 saturated heterocycles. The Morgan fingerprint density at radius 3 is 2.81 bits per heavy atom. The second-order valence-electron chi connectivity index (χ2n) is 5.41. The smallest absolute Gasteiger partial charge is 0.387 e. The number of hydrogen-bond donors (Lipinski definition) is 2. The lowest BCUT2D eigenvalue weighted by Gasteiger charge is -2.07. The van der Waals surface area contributed by atoms with Gasteiger partial charge in [0.25, 0.3) is 0 Å². The predicted molar refractivity (Wildman–Crippen MR) is 99.2 cm³/mol. The molecule has 0 aliphatic heterocycles. The van der Waals surface area contributed by atoms with E-state index >= 15 is 0 Å². The molecule has 0 saturated carbocycles. The quantitative estimate of drug-likeness (QED) is 0.528. The third kappa shape index (κ3) is 6.33. The van der Waals surface area contributed by atoms with Crippen LogP contribution in [0.5, 0.6) is 5.75 Å². The van der Waals surface area contributed by atoms with Crippen molar-refractivity contribution in [1.29, 1.82) is 0 Å². The zero-order valence-electron chi connectivity index (χ0n) is 14.0. The van der Waals surface area contributed by atoms with Gasteiger partial charge < -0.3 is 10.1 Å². The van der Waals surface area contributed by atoms with Crippen LogP contribution in [0.3, 0.4) is 0 Å². The summed E-state index contributed by atoms with van der Waals surface area (Å²) in [5.74, 6) is 0.852. The van der Waals surface area contributed by atoms with Crippen molar-refractivity contribution in [3.8, 4) is 5.75 Å². The number of aromatic nitrogens is 3. The Morgan fingerprint density at radius 1 is 1.30 bits per heavy atom. The van der Waals surface area contributed by atoms with Crippen molar-refractivity contribution < 1.29 is 18.3 Å². The van der Waals surface area contributed by atoms with Crippen LogP contribution in [0.4, 0.5) is 8.78 Å². The molecule has 10 heteroatoms. The largest absolute Gasteiger partial charge is 0.435 e. The van der Waals surface area contributed by atoms with E-state index in [0.29, 0.717) is 18.1 Å². The lowest BCUT2D eigenvalue weighted by Crippen LogP contribution is -2.24. The van der Waals surface area contributed by atoms with Crippen molar-refractivity contribution in [1.82, 2.24) is 20.5 Å². The van der Waals surface area contributed by atoms with Crippen molar-refractivity contribution in [2.45, 2.75) is 24.7 Å². The zero-order valence-corrected chi connectivity index (χ0v) is 15.7. The molecule has 0 aliphatic rings. The molecule has 142 valence electrons. The lowest BCUT2D eigenvalue weighted by atomic mass is 10.2. The van der Waals surface area contributed by atoms with Gasteiger partial charge in [0, 0.05) is 17.8 Å². The standard InChI is InChI=1S/C17H16F2N4O2S2/c18-16(19)25-12-5-3-11(4-6-12)9-20-15(24)10-27-17-21-14(22-23-17)8-13-2-1-7-26-13/h1-7,16H,8-10H2,(H,20,24)(H,21,22,23). The molecule has 0 unspecified atom stereocenters. The number of hydrogen-bond acceptors (Lipinski definition) is 6. The number of H-pyrrole nitrogens is 1. The van der Waals surface area contributed by atoms with E-state index in [2.05, 4.69) is 25.2 Å². The second-order valence-corrected chi connectivity index (χ2v) is 7.38. The molecular weight excluding hydrogens is 394 g/mol. The number of thioether (sulfide) groups is 1. The van der Waals surface area contributed by atoms with Gasteiger partial charge in [-0.05, 0) is 29.1 Å². The number of benzene rings is 1. The Labute approximate surface area is 162 Å². The maximum Gasteiger partial charge on any atom is 0.387 e. The van der Waals surface area contributed by atoms with Crippen LogP contribution in [0, 0.1) is 0 Å². The first kappa shape index (κ1) is 19.3. The highest BCUT2D eigenvalue weighted by Crippen LogP contribution is 2.17. The molecule has 2 heterocycles. The average Bonchev–Trinajstić information content (AvgIpc) is 3.31. The first-order chi connectivity index (χ1) is 13.1. The van der Waals surface area contributed by atoms with Crippen molar-refractivity contribution in [2.75, 3.05) is 5.75 Å². The minimum atomic E-state index is -2.85. The first-order valence-electron chi connectivity index (χ1n) is 7.95. The fourth-order valence-electron chi connectivity index (χ4n) is 2.17. The fraction of sp³-hybridized carbons (Fsp3) is 0.235. The van der Waals surface area contributed by atoms with Gasteiger partial charge in [0.15, 0.2) is 0 Å². The molecule has 0 fully saturated rings. The molecule has 3 rings (SSSR count). The number of aromatic amines is 1. The maximum absolute atomic E-state index is 12.1. The third-order valence-electron chi connectivity index (χ3n) is 3.40. The molecule has 1 amide bonds. The van der Waals surface area contributed by atoms with Gasteiger partial charge in [0.05, 0.1) is 5.75 Å². The zero-order chi connectivity index (χ0) is 19.1. The monoisotopic (exact) mass is 410 g/mol. The molecule has 0 spiro atoms. The highest BCUT2D eigenvalue weighted by molar-refractivity contribution is 7.99. The molecule has 2 N–H and O–H groups in total. The number of ether oxygens (including phenoxy) is 1. The summed E-state index contributed by atoms with van der Waals surface area (Å²) >= 11 is 2.89. The van der Waals surface area contributed by atoms with Gasteiger partial charge in [0.1, 0.15) is 11.6 Å². The number of alkyl halides is 2. The van der Waals surface area contributed by atoms with Gasteiger partial charge in [0.2, 0.25) is 11.1 Å². The summed E-state index contributed by atoms with van der Waals surface area (Å²) in [5.41, 5.74) is 0.783. The number of amides is 1. The predicted octanol–water partition coefficient (Wildman–Crippen LogP) is 3.47. The molecule has 0 radical (unpaired) electrons. The van der Waals surface area contributed by atoms with Gasteiger partial charge >= 0.3 is 6.61 Å². The van der Waals surface area contributed by atoms with Gasteiger partial charge in [-0.2, -0.15) is 8.78 Å². The van der Waals surface area contributed by atoms with Crippen LogP contribution in [0.15, 0.2) is 46.9 Å². The number of carbonyl (C=O) groups is 1. The van der Waals surface area contributed by atoms with Crippen molar-refractivity contribution >= 4 is 29.0 Å². The number of nitrogens with one attached hydrogen (secondary N) is 2. The first-order valence-corrected chi connectivity index (χ1v) is 9.82. The minimum absolute atomic E-state index is 0.0820. The van der Waals surface area contributed by atoms with Gasteiger partial charge in [-0.1, -0.05) is 30.0 Å². The molecule has 1 aromatic carbocycles. The van der Waals surface area contributed by atoms with Crippen molar-refractivity contribution in [3.05, 3.63) is 58.0 Å². The molecule has 27 heavy (non-hydrogen) atoms. The van der Waals surface area contributed by atoms with Crippen LogP contribution in [-0.4, -0.2) is 33.5 Å². The average molecular weight is 410 g/mol. The summed E-state index contributed by atoms with van der Waals surface area (Å²) < 4.78 is 28.5. The molecule has 0 bridgehead atoms. The van der Waals surface area contributed by atoms with Crippen LogP contribution in [0.1, 0.15) is 16.3 Å². The number of thiophene rings is 1. The summed E-state index contributed by atoms with van der Waals surface area (Å²) in [6.45, 7) is -2.56. The van der Waals surface area contributed by atoms with Crippen molar-refractivity contribution in [2.24, 2.45) is 0 Å².